The van der Waals surface area contributed by atoms with Crippen molar-refractivity contribution in [3.05, 3.63) is 65.5 Å². The average molecular weight is 241 g/mol. The topological polar surface area (TPSA) is 20.3 Å². The van der Waals surface area contributed by atoms with Gasteiger partial charge in [-0.3, -0.25) is 4.79 Å². The molecule has 0 aromatic heterocycles. The number of carbonyl (C=O) groups excluding carboxylic acids is 1. The summed E-state index contributed by atoms with van der Waals surface area (Å²) in [4.78, 5) is 13.7. The SMILES string of the molecule is O=C1Cc2cc(F)ccc2N1Cc1ccccc1. The Hall–Kier alpha value is -2.16. The van der Waals surface area contributed by atoms with E-state index in [1.807, 2.05) is 30.3 Å². The molecule has 0 atom stereocenters. The molecule has 18 heavy (non-hydrogen) atoms. The van der Waals surface area contributed by atoms with Gasteiger partial charge in [-0.15, -0.1) is 0 Å². The van der Waals surface area contributed by atoms with E-state index in [0.29, 0.717) is 13.0 Å². The maximum atomic E-state index is 13.1. The normalized spacial score (nSPS) is 13.8. The summed E-state index contributed by atoms with van der Waals surface area (Å²) in [5, 5.41) is 0. The highest BCUT2D eigenvalue weighted by Crippen LogP contribution is 2.30. The molecule has 0 radical (unpaired) electrons. The van der Waals surface area contributed by atoms with Crippen molar-refractivity contribution in [3.63, 3.8) is 0 Å². The lowest BCUT2D eigenvalue weighted by Gasteiger charge is -2.17. The fourth-order valence-electron chi connectivity index (χ4n) is 2.29. The van der Waals surface area contributed by atoms with Crippen LogP contribution in [0.25, 0.3) is 0 Å². The Balaban J connectivity index is 1.93. The standard InChI is InChI=1S/C15H12FNO/c16-13-6-7-14-12(8-13)9-15(18)17(14)10-11-4-2-1-3-5-11/h1-8H,9-10H2. The Bertz CT molecular complexity index is 595. The lowest BCUT2D eigenvalue weighted by Crippen LogP contribution is -2.25. The quantitative estimate of drug-likeness (QED) is 0.791. The first-order chi connectivity index (χ1) is 8.74. The summed E-state index contributed by atoms with van der Waals surface area (Å²) in [6.45, 7) is 0.540. The number of rotatable bonds is 2. The van der Waals surface area contributed by atoms with Gasteiger partial charge in [0.2, 0.25) is 5.91 Å². The minimum Gasteiger partial charge on any atom is -0.307 e. The number of halogens is 1. The highest BCUT2D eigenvalue weighted by molar-refractivity contribution is 6.01. The number of fused-ring (bicyclic) bond motifs is 1. The first-order valence-electron chi connectivity index (χ1n) is 5.87. The van der Waals surface area contributed by atoms with Crippen molar-refractivity contribution in [1.29, 1.82) is 0 Å². The second-order valence-electron chi connectivity index (χ2n) is 4.42. The molecule has 1 amide bonds. The van der Waals surface area contributed by atoms with Crippen LogP contribution in [0.15, 0.2) is 48.5 Å². The molecule has 0 fully saturated rings. The maximum Gasteiger partial charge on any atom is 0.231 e. The average Bonchev–Trinajstić information content (AvgIpc) is 2.66. The van der Waals surface area contributed by atoms with E-state index < -0.39 is 0 Å². The summed E-state index contributed by atoms with van der Waals surface area (Å²) >= 11 is 0. The lowest BCUT2D eigenvalue weighted by molar-refractivity contribution is -0.117. The lowest BCUT2D eigenvalue weighted by atomic mass is 10.1. The Morgan fingerprint density at radius 3 is 2.67 bits per heavy atom. The number of carbonyl (C=O) groups is 1. The predicted molar refractivity (Wildman–Crippen MR) is 67.7 cm³/mol. The minimum atomic E-state index is -0.289. The van der Waals surface area contributed by atoms with Crippen molar-refractivity contribution in [2.75, 3.05) is 4.90 Å². The molecule has 2 aromatic carbocycles. The van der Waals surface area contributed by atoms with Gasteiger partial charge in [-0.05, 0) is 29.3 Å². The maximum absolute atomic E-state index is 13.1. The highest BCUT2D eigenvalue weighted by atomic mass is 19.1. The largest absolute Gasteiger partial charge is 0.307 e. The molecule has 0 saturated heterocycles. The number of nitrogens with zero attached hydrogens (tertiary/aromatic N) is 1. The van der Waals surface area contributed by atoms with Crippen LogP contribution in [0, 0.1) is 5.82 Å². The molecule has 2 nitrogen and oxygen atoms in total. The van der Waals surface area contributed by atoms with Gasteiger partial charge in [-0.25, -0.2) is 4.39 Å². The van der Waals surface area contributed by atoms with Gasteiger partial charge in [0, 0.05) is 5.69 Å². The van der Waals surface area contributed by atoms with Gasteiger partial charge in [0.25, 0.3) is 0 Å². The Morgan fingerprint density at radius 1 is 1.11 bits per heavy atom. The van der Waals surface area contributed by atoms with Crippen LogP contribution < -0.4 is 4.90 Å². The van der Waals surface area contributed by atoms with E-state index in [-0.39, 0.29) is 11.7 Å². The first kappa shape index (κ1) is 11.0. The summed E-state index contributed by atoms with van der Waals surface area (Å²) in [5.41, 5.74) is 2.67. The third-order valence-electron chi connectivity index (χ3n) is 3.16. The molecule has 90 valence electrons. The zero-order chi connectivity index (χ0) is 12.5. The van der Waals surface area contributed by atoms with Gasteiger partial charge in [0.05, 0.1) is 13.0 Å². The second kappa shape index (κ2) is 4.26. The highest BCUT2D eigenvalue weighted by Gasteiger charge is 2.27. The van der Waals surface area contributed by atoms with Crippen LogP contribution in [0.5, 0.6) is 0 Å². The number of hydrogen-bond donors (Lipinski definition) is 0. The van der Waals surface area contributed by atoms with E-state index in [0.717, 1.165) is 16.8 Å². The summed E-state index contributed by atoms with van der Waals surface area (Å²) in [7, 11) is 0. The molecule has 3 heteroatoms. The van der Waals surface area contributed by atoms with E-state index in [1.165, 1.54) is 12.1 Å². The van der Waals surface area contributed by atoms with E-state index in [2.05, 4.69) is 0 Å². The molecule has 1 aliphatic rings. The van der Waals surface area contributed by atoms with Crippen LogP contribution in [0.3, 0.4) is 0 Å². The number of amides is 1. The van der Waals surface area contributed by atoms with Crippen molar-refractivity contribution >= 4 is 11.6 Å². The molecule has 0 N–H and O–H groups in total. The van der Waals surface area contributed by atoms with Crippen LogP contribution in [0.2, 0.25) is 0 Å². The van der Waals surface area contributed by atoms with Gasteiger partial charge in [0.1, 0.15) is 5.82 Å². The van der Waals surface area contributed by atoms with Crippen LogP contribution in [-0.2, 0) is 17.8 Å². The Labute approximate surface area is 105 Å². The molecule has 1 heterocycles. The van der Waals surface area contributed by atoms with Crippen LogP contribution in [0.4, 0.5) is 10.1 Å². The van der Waals surface area contributed by atoms with Crippen LogP contribution >= 0.6 is 0 Å². The van der Waals surface area contributed by atoms with Gasteiger partial charge in [0.15, 0.2) is 0 Å². The van der Waals surface area contributed by atoms with Crippen molar-refractivity contribution in [1.82, 2.24) is 0 Å². The zero-order valence-electron chi connectivity index (χ0n) is 9.77. The molecular formula is C15H12FNO. The van der Waals surface area contributed by atoms with Crippen LogP contribution in [0.1, 0.15) is 11.1 Å². The molecule has 0 aliphatic carbocycles. The fraction of sp³-hybridized carbons (Fsp3) is 0.133. The van der Waals surface area contributed by atoms with E-state index in [9.17, 15) is 9.18 Å². The van der Waals surface area contributed by atoms with Crippen molar-refractivity contribution in [3.8, 4) is 0 Å². The molecule has 1 aliphatic heterocycles. The van der Waals surface area contributed by atoms with E-state index in [1.54, 1.807) is 11.0 Å². The molecule has 3 rings (SSSR count). The van der Waals surface area contributed by atoms with Gasteiger partial charge in [-0.2, -0.15) is 0 Å². The summed E-state index contributed by atoms with van der Waals surface area (Å²) in [6.07, 6.45) is 0.292. The first-order valence-corrected chi connectivity index (χ1v) is 5.87. The molecule has 0 saturated carbocycles. The third kappa shape index (κ3) is 1.88. The molecule has 0 bridgehead atoms. The van der Waals surface area contributed by atoms with E-state index in [4.69, 9.17) is 0 Å². The van der Waals surface area contributed by atoms with Crippen LogP contribution in [-0.4, -0.2) is 5.91 Å². The van der Waals surface area contributed by atoms with E-state index >= 15 is 0 Å². The summed E-state index contributed by atoms with van der Waals surface area (Å²) < 4.78 is 13.1. The zero-order valence-corrected chi connectivity index (χ0v) is 9.77. The molecular weight excluding hydrogens is 229 g/mol. The smallest absolute Gasteiger partial charge is 0.231 e. The predicted octanol–water partition coefficient (Wildman–Crippen LogP) is 2.92. The molecule has 2 aromatic rings. The van der Waals surface area contributed by atoms with Crippen molar-refractivity contribution in [2.24, 2.45) is 0 Å². The summed E-state index contributed by atoms with van der Waals surface area (Å²) in [5.74, 6) is -0.262. The summed E-state index contributed by atoms with van der Waals surface area (Å²) in [6, 6.07) is 14.3. The third-order valence-corrected chi connectivity index (χ3v) is 3.16. The number of anilines is 1. The van der Waals surface area contributed by atoms with Crippen molar-refractivity contribution in [2.45, 2.75) is 13.0 Å². The van der Waals surface area contributed by atoms with Gasteiger partial charge in [-0.1, -0.05) is 30.3 Å². The second-order valence-corrected chi connectivity index (χ2v) is 4.42. The number of benzene rings is 2. The fourth-order valence-corrected chi connectivity index (χ4v) is 2.29. The van der Waals surface area contributed by atoms with Crippen molar-refractivity contribution < 1.29 is 9.18 Å². The van der Waals surface area contributed by atoms with Gasteiger partial charge < -0.3 is 4.90 Å². The Morgan fingerprint density at radius 2 is 1.89 bits per heavy atom. The minimum absolute atomic E-state index is 0.0273. The molecule has 0 spiro atoms. The van der Waals surface area contributed by atoms with Gasteiger partial charge >= 0.3 is 0 Å². The number of hydrogen-bond acceptors (Lipinski definition) is 1. The molecule has 0 unspecified atom stereocenters. The Kier molecular flexibility index (Phi) is 2.59. The monoisotopic (exact) mass is 241 g/mol.